The van der Waals surface area contributed by atoms with Crippen LogP contribution in [0.15, 0.2) is 24.3 Å². The molecule has 3 N–H and O–H groups in total. The maximum atomic E-state index is 12.4. The predicted octanol–water partition coefficient (Wildman–Crippen LogP) is 2.74. The second-order valence-electron chi connectivity index (χ2n) is 5.04. The number of aliphatic hydroxyl groups is 1. The molecule has 1 aromatic carbocycles. The summed E-state index contributed by atoms with van der Waals surface area (Å²) in [5.41, 5.74) is 1.51. The molecule has 0 bridgehead atoms. The van der Waals surface area contributed by atoms with Crippen LogP contribution in [0, 0.1) is 0 Å². The van der Waals surface area contributed by atoms with Gasteiger partial charge in [0.05, 0.1) is 12.2 Å². The van der Waals surface area contributed by atoms with Gasteiger partial charge < -0.3 is 15.7 Å². The van der Waals surface area contributed by atoms with Crippen LogP contribution >= 0.6 is 11.8 Å². The number of amides is 1. The molecule has 118 valence electrons. The van der Waals surface area contributed by atoms with Gasteiger partial charge in [0.15, 0.2) is 0 Å². The molecule has 1 aromatic rings. The van der Waals surface area contributed by atoms with E-state index in [1.54, 1.807) is 11.8 Å². The standard InChI is InChI=1S/C16H26N2O2S/c1-4-5-10-17-14-9-7-6-8-13(14)16(20)18-12(2)15(11-19)21-3/h6-9,12,15,17,19H,4-5,10-11H2,1-3H3,(H,18,20). The number of aliphatic hydroxyl groups excluding tert-OH is 1. The molecule has 21 heavy (non-hydrogen) atoms. The third-order valence-corrected chi connectivity index (χ3v) is 4.58. The van der Waals surface area contributed by atoms with Gasteiger partial charge in [0.25, 0.3) is 5.91 Å². The summed E-state index contributed by atoms with van der Waals surface area (Å²) in [5, 5.41) is 15.6. The minimum Gasteiger partial charge on any atom is -0.395 e. The Morgan fingerprint density at radius 1 is 1.38 bits per heavy atom. The molecule has 4 nitrogen and oxygen atoms in total. The number of thioether (sulfide) groups is 1. The summed E-state index contributed by atoms with van der Waals surface area (Å²) < 4.78 is 0. The van der Waals surface area contributed by atoms with Gasteiger partial charge in [0.2, 0.25) is 0 Å². The summed E-state index contributed by atoms with van der Waals surface area (Å²) in [4.78, 5) is 12.4. The van der Waals surface area contributed by atoms with Crippen LogP contribution in [0.5, 0.6) is 0 Å². The normalized spacial score (nSPS) is 13.5. The van der Waals surface area contributed by atoms with Crippen molar-refractivity contribution in [3.05, 3.63) is 29.8 Å². The lowest BCUT2D eigenvalue weighted by Crippen LogP contribution is -2.41. The molecular weight excluding hydrogens is 284 g/mol. The summed E-state index contributed by atoms with van der Waals surface area (Å²) in [6.45, 7) is 4.97. The van der Waals surface area contributed by atoms with Gasteiger partial charge in [0.1, 0.15) is 0 Å². The van der Waals surface area contributed by atoms with E-state index in [0.717, 1.165) is 25.1 Å². The zero-order chi connectivity index (χ0) is 15.7. The van der Waals surface area contributed by atoms with Gasteiger partial charge in [-0.15, -0.1) is 0 Å². The highest BCUT2D eigenvalue weighted by atomic mass is 32.2. The van der Waals surface area contributed by atoms with Crippen molar-refractivity contribution < 1.29 is 9.90 Å². The molecule has 1 amide bonds. The van der Waals surface area contributed by atoms with Crippen LogP contribution in [0.1, 0.15) is 37.0 Å². The molecule has 2 unspecified atom stereocenters. The molecule has 0 aliphatic carbocycles. The van der Waals surface area contributed by atoms with E-state index >= 15 is 0 Å². The highest BCUT2D eigenvalue weighted by molar-refractivity contribution is 7.99. The lowest BCUT2D eigenvalue weighted by molar-refractivity contribution is 0.0936. The van der Waals surface area contributed by atoms with Gasteiger partial charge >= 0.3 is 0 Å². The number of hydrogen-bond acceptors (Lipinski definition) is 4. The van der Waals surface area contributed by atoms with Crippen LogP contribution < -0.4 is 10.6 Å². The van der Waals surface area contributed by atoms with E-state index in [0.29, 0.717) is 5.56 Å². The molecule has 0 radical (unpaired) electrons. The molecular formula is C16H26N2O2S. The van der Waals surface area contributed by atoms with E-state index in [2.05, 4.69) is 17.6 Å². The first kappa shape index (κ1) is 17.9. The molecule has 0 fully saturated rings. The van der Waals surface area contributed by atoms with E-state index in [1.165, 1.54) is 0 Å². The van der Waals surface area contributed by atoms with Crippen molar-refractivity contribution in [2.24, 2.45) is 0 Å². The quantitative estimate of drug-likeness (QED) is 0.614. The Labute approximate surface area is 131 Å². The summed E-state index contributed by atoms with van der Waals surface area (Å²) in [7, 11) is 0. The maximum Gasteiger partial charge on any atom is 0.253 e. The van der Waals surface area contributed by atoms with E-state index in [-0.39, 0.29) is 23.8 Å². The second-order valence-corrected chi connectivity index (χ2v) is 6.12. The smallest absolute Gasteiger partial charge is 0.253 e. The molecule has 0 aliphatic heterocycles. The fourth-order valence-corrected chi connectivity index (χ4v) is 2.67. The fourth-order valence-electron chi connectivity index (χ4n) is 2.05. The predicted molar refractivity (Wildman–Crippen MR) is 91.2 cm³/mol. The van der Waals surface area contributed by atoms with Crippen molar-refractivity contribution in [3.8, 4) is 0 Å². The average molecular weight is 310 g/mol. The number of benzene rings is 1. The van der Waals surface area contributed by atoms with Crippen molar-refractivity contribution >= 4 is 23.4 Å². The molecule has 5 heteroatoms. The van der Waals surface area contributed by atoms with E-state index in [9.17, 15) is 9.90 Å². The van der Waals surface area contributed by atoms with Crippen molar-refractivity contribution in [3.63, 3.8) is 0 Å². The third kappa shape index (κ3) is 5.59. The van der Waals surface area contributed by atoms with Crippen molar-refractivity contribution in [1.29, 1.82) is 0 Å². The van der Waals surface area contributed by atoms with Crippen LogP contribution in [-0.2, 0) is 0 Å². The summed E-state index contributed by atoms with van der Waals surface area (Å²) in [6, 6.07) is 7.45. The van der Waals surface area contributed by atoms with Gasteiger partial charge in [0, 0.05) is 23.5 Å². The third-order valence-electron chi connectivity index (χ3n) is 3.42. The maximum absolute atomic E-state index is 12.4. The van der Waals surface area contributed by atoms with Crippen LogP contribution in [-0.4, -0.2) is 41.7 Å². The van der Waals surface area contributed by atoms with E-state index in [1.807, 2.05) is 37.4 Å². The summed E-state index contributed by atoms with van der Waals surface area (Å²) >= 11 is 1.56. The molecule has 1 rings (SSSR count). The topological polar surface area (TPSA) is 61.4 Å². The summed E-state index contributed by atoms with van der Waals surface area (Å²) in [5.74, 6) is -0.102. The number of para-hydroxylation sites is 1. The lowest BCUT2D eigenvalue weighted by atomic mass is 10.1. The highest BCUT2D eigenvalue weighted by Crippen LogP contribution is 2.17. The Balaban J connectivity index is 2.73. The van der Waals surface area contributed by atoms with Crippen LogP contribution in [0.3, 0.4) is 0 Å². The largest absolute Gasteiger partial charge is 0.395 e. The minimum absolute atomic E-state index is 0.00848. The Hall–Kier alpha value is -1.20. The molecule has 0 saturated carbocycles. The highest BCUT2D eigenvalue weighted by Gasteiger charge is 2.19. The fraction of sp³-hybridized carbons (Fsp3) is 0.562. The van der Waals surface area contributed by atoms with Crippen LogP contribution in [0.2, 0.25) is 0 Å². The number of hydrogen-bond donors (Lipinski definition) is 3. The number of rotatable bonds is 9. The van der Waals surface area contributed by atoms with Gasteiger partial charge in [-0.25, -0.2) is 0 Å². The molecule has 2 atom stereocenters. The van der Waals surface area contributed by atoms with Crippen molar-refractivity contribution in [1.82, 2.24) is 5.32 Å². The van der Waals surface area contributed by atoms with Crippen molar-refractivity contribution in [2.75, 3.05) is 24.7 Å². The van der Waals surface area contributed by atoms with E-state index in [4.69, 9.17) is 0 Å². The Morgan fingerprint density at radius 3 is 2.71 bits per heavy atom. The molecule has 0 saturated heterocycles. The SMILES string of the molecule is CCCCNc1ccccc1C(=O)NC(C)C(CO)SC. The Morgan fingerprint density at radius 2 is 2.10 bits per heavy atom. The number of carbonyl (C=O) groups is 1. The van der Waals surface area contributed by atoms with Crippen LogP contribution in [0.25, 0.3) is 0 Å². The number of nitrogens with one attached hydrogen (secondary N) is 2. The van der Waals surface area contributed by atoms with Crippen molar-refractivity contribution in [2.45, 2.75) is 38.0 Å². The van der Waals surface area contributed by atoms with E-state index < -0.39 is 0 Å². The monoisotopic (exact) mass is 310 g/mol. The van der Waals surface area contributed by atoms with Gasteiger partial charge in [-0.1, -0.05) is 25.5 Å². The van der Waals surface area contributed by atoms with Crippen LogP contribution in [0.4, 0.5) is 5.69 Å². The molecule has 0 aromatic heterocycles. The van der Waals surface area contributed by atoms with Gasteiger partial charge in [-0.05, 0) is 31.7 Å². The second kappa shape index (κ2) is 9.68. The Kier molecular flexibility index (Phi) is 8.23. The molecule has 0 aliphatic rings. The first-order valence-corrected chi connectivity index (χ1v) is 8.70. The zero-order valence-corrected chi connectivity index (χ0v) is 13.9. The Bertz CT molecular complexity index is 436. The minimum atomic E-state index is -0.102. The zero-order valence-electron chi connectivity index (χ0n) is 13.1. The van der Waals surface area contributed by atoms with Gasteiger partial charge in [-0.2, -0.15) is 11.8 Å². The first-order valence-electron chi connectivity index (χ1n) is 7.41. The summed E-state index contributed by atoms with van der Waals surface area (Å²) in [6.07, 6.45) is 4.12. The lowest BCUT2D eigenvalue weighted by Gasteiger charge is -2.22. The number of anilines is 1. The first-order chi connectivity index (χ1) is 10.1. The number of carbonyl (C=O) groups excluding carboxylic acids is 1. The average Bonchev–Trinajstić information content (AvgIpc) is 2.49. The number of unbranched alkanes of at least 4 members (excludes halogenated alkanes) is 1. The molecule has 0 spiro atoms. The van der Waals surface area contributed by atoms with Gasteiger partial charge in [-0.3, -0.25) is 4.79 Å². The molecule has 0 heterocycles.